The largest absolute Gasteiger partial charge is 0.359 e. The van der Waals surface area contributed by atoms with Crippen LogP contribution in [-0.4, -0.2) is 40.4 Å². The average molecular weight is 212 g/mol. The Kier molecular flexibility index (Phi) is 2.98. The third-order valence-corrected chi connectivity index (χ3v) is 3.45. The van der Waals surface area contributed by atoms with Gasteiger partial charge in [0.25, 0.3) is 0 Å². The van der Waals surface area contributed by atoms with Crippen molar-refractivity contribution in [2.45, 2.75) is 25.8 Å². The summed E-state index contributed by atoms with van der Waals surface area (Å²) < 4.78 is 4.14. The summed E-state index contributed by atoms with van der Waals surface area (Å²) in [6.45, 7) is 4.13. The van der Waals surface area contributed by atoms with Gasteiger partial charge in [0, 0.05) is 24.1 Å². The van der Waals surface area contributed by atoms with Crippen LogP contribution >= 0.6 is 11.5 Å². The molecule has 14 heavy (non-hydrogen) atoms. The van der Waals surface area contributed by atoms with Crippen LogP contribution < -0.4 is 5.32 Å². The third kappa shape index (κ3) is 2.22. The topological polar surface area (TPSA) is 41.1 Å². The number of aryl methyl sites for hydroxylation is 1. The van der Waals surface area contributed by atoms with Crippen LogP contribution in [-0.2, 0) is 0 Å². The zero-order valence-corrected chi connectivity index (χ0v) is 9.47. The van der Waals surface area contributed by atoms with E-state index in [9.17, 15) is 0 Å². The molecule has 1 N–H and O–H groups in total. The van der Waals surface area contributed by atoms with Crippen LogP contribution in [0.2, 0.25) is 0 Å². The predicted octanol–water partition coefficient (Wildman–Crippen LogP) is 1.35. The van der Waals surface area contributed by atoms with E-state index in [1.807, 2.05) is 6.92 Å². The van der Waals surface area contributed by atoms with Crippen LogP contribution in [0.3, 0.4) is 0 Å². The van der Waals surface area contributed by atoms with E-state index < -0.39 is 0 Å². The molecule has 1 fully saturated rings. The van der Waals surface area contributed by atoms with Crippen molar-refractivity contribution in [1.82, 2.24) is 14.3 Å². The van der Waals surface area contributed by atoms with Crippen molar-refractivity contribution in [1.29, 1.82) is 0 Å². The average Bonchev–Trinajstić information content (AvgIpc) is 2.72. The van der Waals surface area contributed by atoms with E-state index in [2.05, 4.69) is 26.6 Å². The Labute approximate surface area is 88.5 Å². The van der Waals surface area contributed by atoms with Gasteiger partial charge in [-0.1, -0.05) is 0 Å². The molecule has 2 heterocycles. The van der Waals surface area contributed by atoms with E-state index in [0.29, 0.717) is 6.04 Å². The van der Waals surface area contributed by atoms with Crippen LogP contribution in [0.15, 0.2) is 0 Å². The second-order valence-electron chi connectivity index (χ2n) is 3.80. The predicted molar refractivity (Wildman–Crippen MR) is 58.8 cm³/mol. The second-order valence-corrected chi connectivity index (χ2v) is 4.56. The van der Waals surface area contributed by atoms with Gasteiger partial charge in [-0.25, -0.2) is 4.98 Å². The first kappa shape index (κ1) is 9.86. The highest BCUT2D eigenvalue weighted by atomic mass is 32.1. The van der Waals surface area contributed by atoms with Gasteiger partial charge >= 0.3 is 0 Å². The minimum Gasteiger partial charge on any atom is -0.359 e. The Balaban J connectivity index is 1.82. The Morgan fingerprint density at radius 3 is 3.07 bits per heavy atom. The Morgan fingerprint density at radius 2 is 2.50 bits per heavy atom. The van der Waals surface area contributed by atoms with Gasteiger partial charge in [-0.3, -0.25) is 0 Å². The van der Waals surface area contributed by atoms with Crippen LogP contribution in [0, 0.1) is 6.92 Å². The lowest BCUT2D eigenvalue weighted by Gasteiger charge is -2.18. The fourth-order valence-electron chi connectivity index (χ4n) is 1.81. The lowest BCUT2D eigenvalue weighted by molar-refractivity contribution is 0.322. The van der Waals surface area contributed by atoms with Gasteiger partial charge in [-0.2, -0.15) is 4.37 Å². The Bertz CT molecular complexity index is 299. The fraction of sp³-hybridized carbons (Fsp3) is 0.778. The molecular weight excluding hydrogens is 196 g/mol. The highest BCUT2D eigenvalue weighted by Gasteiger charge is 2.20. The van der Waals surface area contributed by atoms with Crippen molar-refractivity contribution in [2.75, 3.05) is 25.5 Å². The quantitative estimate of drug-likeness (QED) is 0.821. The van der Waals surface area contributed by atoms with Crippen molar-refractivity contribution in [3.8, 4) is 0 Å². The summed E-state index contributed by atoms with van der Waals surface area (Å²) >= 11 is 1.44. The monoisotopic (exact) mass is 212 g/mol. The minimum atomic E-state index is 0.666. The molecule has 1 atom stereocenters. The van der Waals surface area contributed by atoms with Crippen molar-refractivity contribution in [3.63, 3.8) is 0 Å². The van der Waals surface area contributed by atoms with Gasteiger partial charge in [-0.15, -0.1) is 0 Å². The molecule has 0 aromatic carbocycles. The van der Waals surface area contributed by atoms with Crippen LogP contribution in [0.5, 0.6) is 0 Å². The summed E-state index contributed by atoms with van der Waals surface area (Å²) in [5.41, 5.74) is 0. The number of hydrogen-bond donors (Lipinski definition) is 1. The number of likely N-dealkylation sites (tertiary alicyclic amines) is 1. The lowest BCUT2D eigenvalue weighted by atomic mass is 10.2. The van der Waals surface area contributed by atoms with E-state index in [4.69, 9.17) is 0 Å². The number of anilines is 1. The molecule has 4 nitrogen and oxygen atoms in total. The van der Waals surface area contributed by atoms with Gasteiger partial charge in [0.2, 0.25) is 5.13 Å². The SMILES string of the molecule is Cc1nsc(NCC2CCCN2C)n1. The Morgan fingerprint density at radius 1 is 1.64 bits per heavy atom. The number of nitrogens with zero attached hydrogens (tertiary/aromatic N) is 3. The Hall–Kier alpha value is -0.680. The summed E-state index contributed by atoms with van der Waals surface area (Å²) in [4.78, 5) is 6.68. The molecule has 1 aliphatic rings. The van der Waals surface area contributed by atoms with Crippen LogP contribution in [0.4, 0.5) is 5.13 Å². The zero-order valence-electron chi connectivity index (χ0n) is 8.66. The van der Waals surface area contributed by atoms with E-state index in [-0.39, 0.29) is 0 Å². The number of nitrogens with one attached hydrogen (secondary N) is 1. The van der Waals surface area contributed by atoms with Gasteiger partial charge in [0.15, 0.2) is 0 Å². The van der Waals surface area contributed by atoms with Crippen molar-refractivity contribution in [3.05, 3.63) is 5.82 Å². The minimum absolute atomic E-state index is 0.666. The summed E-state index contributed by atoms with van der Waals surface area (Å²) in [6, 6.07) is 0.666. The molecule has 0 radical (unpaired) electrons. The summed E-state index contributed by atoms with van der Waals surface area (Å²) in [5, 5.41) is 4.29. The maximum atomic E-state index is 4.27. The lowest BCUT2D eigenvalue weighted by Crippen LogP contribution is -2.31. The first-order valence-electron chi connectivity index (χ1n) is 5.00. The number of aromatic nitrogens is 2. The first-order valence-corrected chi connectivity index (χ1v) is 5.77. The highest BCUT2D eigenvalue weighted by molar-refractivity contribution is 7.09. The number of likely N-dealkylation sites (N-methyl/N-ethyl adjacent to an activating group) is 1. The maximum absolute atomic E-state index is 4.27. The zero-order chi connectivity index (χ0) is 9.97. The van der Waals surface area contributed by atoms with Crippen molar-refractivity contribution < 1.29 is 0 Å². The molecule has 0 amide bonds. The van der Waals surface area contributed by atoms with Crippen LogP contribution in [0.25, 0.3) is 0 Å². The molecule has 1 aromatic rings. The molecule has 1 saturated heterocycles. The molecular formula is C9H16N4S. The second kappa shape index (κ2) is 4.23. The molecule has 0 aliphatic carbocycles. The smallest absolute Gasteiger partial charge is 0.202 e. The summed E-state index contributed by atoms with van der Waals surface area (Å²) in [6.07, 6.45) is 2.61. The molecule has 0 spiro atoms. The molecule has 2 rings (SSSR count). The van der Waals surface area contributed by atoms with Crippen molar-refractivity contribution in [2.24, 2.45) is 0 Å². The summed E-state index contributed by atoms with van der Waals surface area (Å²) in [5.74, 6) is 0.859. The van der Waals surface area contributed by atoms with Crippen molar-refractivity contribution >= 4 is 16.7 Å². The van der Waals surface area contributed by atoms with Gasteiger partial charge in [0.1, 0.15) is 5.82 Å². The highest BCUT2D eigenvalue weighted by Crippen LogP contribution is 2.16. The van der Waals surface area contributed by atoms with E-state index in [1.54, 1.807) is 0 Å². The number of rotatable bonds is 3. The van der Waals surface area contributed by atoms with E-state index in [1.165, 1.54) is 30.9 Å². The maximum Gasteiger partial charge on any atom is 0.202 e. The normalized spacial score (nSPS) is 22.9. The molecule has 1 aromatic heterocycles. The fourth-order valence-corrected chi connectivity index (χ4v) is 2.39. The van der Waals surface area contributed by atoms with E-state index >= 15 is 0 Å². The number of hydrogen-bond acceptors (Lipinski definition) is 5. The van der Waals surface area contributed by atoms with Gasteiger partial charge < -0.3 is 10.2 Å². The first-order chi connectivity index (χ1) is 6.75. The molecule has 0 bridgehead atoms. The molecule has 78 valence electrons. The van der Waals surface area contributed by atoms with E-state index in [0.717, 1.165) is 17.5 Å². The molecule has 5 heteroatoms. The molecule has 0 saturated carbocycles. The van der Waals surface area contributed by atoms with Gasteiger partial charge in [0.05, 0.1) is 0 Å². The standard InChI is InChI=1S/C9H16N4S/c1-7-11-9(14-12-7)10-6-8-4-3-5-13(8)2/h8H,3-6H2,1-2H3,(H,10,11,12). The molecule has 1 aliphatic heterocycles. The van der Waals surface area contributed by atoms with Crippen LogP contribution in [0.1, 0.15) is 18.7 Å². The van der Waals surface area contributed by atoms with Gasteiger partial charge in [-0.05, 0) is 33.4 Å². The summed E-state index contributed by atoms with van der Waals surface area (Å²) in [7, 11) is 2.19. The molecule has 1 unspecified atom stereocenters. The third-order valence-electron chi connectivity index (χ3n) is 2.69.